The lowest BCUT2D eigenvalue weighted by Gasteiger charge is -2.37. The molecule has 0 saturated carbocycles. The summed E-state index contributed by atoms with van der Waals surface area (Å²) in [6.07, 6.45) is 1.87. The molecular weight excluding hydrogens is 192 g/mol. The van der Waals surface area contributed by atoms with Crippen LogP contribution in [0, 0.1) is 0 Å². The molecule has 0 atom stereocenters. The van der Waals surface area contributed by atoms with Gasteiger partial charge in [0.05, 0.1) is 7.11 Å². The van der Waals surface area contributed by atoms with E-state index in [1.165, 1.54) is 7.11 Å². The maximum absolute atomic E-state index is 11.3. The zero-order valence-corrected chi connectivity index (χ0v) is 10.2. The molecule has 15 heavy (non-hydrogen) atoms. The first-order chi connectivity index (χ1) is 7.06. The van der Waals surface area contributed by atoms with Crippen LogP contribution in [0.25, 0.3) is 0 Å². The van der Waals surface area contributed by atoms with E-state index in [4.69, 9.17) is 4.74 Å². The minimum atomic E-state index is -0.224. The lowest BCUT2D eigenvalue weighted by Crippen LogP contribution is -2.47. The van der Waals surface area contributed by atoms with Crippen LogP contribution < -0.4 is 0 Å². The fourth-order valence-corrected chi connectivity index (χ4v) is 2.08. The SMILES string of the molecule is COC(=O)N(C)C1CCN(C(C)C)CC1. The minimum absolute atomic E-state index is 0.224. The number of carbonyl (C=O) groups excluding carboxylic acids is 1. The van der Waals surface area contributed by atoms with Crippen LogP contribution in [-0.2, 0) is 4.74 Å². The zero-order valence-electron chi connectivity index (χ0n) is 10.2. The highest BCUT2D eigenvalue weighted by Crippen LogP contribution is 2.17. The molecule has 0 spiro atoms. The second kappa shape index (κ2) is 5.35. The van der Waals surface area contributed by atoms with Crippen LogP contribution in [0.15, 0.2) is 0 Å². The van der Waals surface area contributed by atoms with Crippen molar-refractivity contribution in [3.05, 3.63) is 0 Å². The van der Waals surface area contributed by atoms with Gasteiger partial charge in [0.2, 0.25) is 0 Å². The summed E-state index contributed by atoms with van der Waals surface area (Å²) in [6.45, 7) is 6.57. The first-order valence-corrected chi connectivity index (χ1v) is 5.61. The second-order valence-corrected chi connectivity index (χ2v) is 4.44. The Morgan fingerprint density at radius 2 is 1.93 bits per heavy atom. The number of likely N-dealkylation sites (tertiary alicyclic amines) is 1. The molecule has 4 nitrogen and oxygen atoms in total. The third kappa shape index (κ3) is 3.09. The summed E-state index contributed by atoms with van der Waals surface area (Å²) in [5.74, 6) is 0. The number of rotatable bonds is 2. The molecule has 88 valence electrons. The number of hydrogen-bond acceptors (Lipinski definition) is 3. The van der Waals surface area contributed by atoms with Crippen LogP contribution in [0.4, 0.5) is 4.79 Å². The highest BCUT2D eigenvalue weighted by molar-refractivity contribution is 5.67. The van der Waals surface area contributed by atoms with Crippen LogP contribution in [0.1, 0.15) is 26.7 Å². The van der Waals surface area contributed by atoms with Gasteiger partial charge in [0.15, 0.2) is 0 Å². The van der Waals surface area contributed by atoms with Crippen molar-refractivity contribution in [3.8, 4) is 0 Å². The Labute approximate surface area is 92.2 Å². The highest BCUT2D eigenvalue weighted by atomic mass is 16.5. The maximum atomic E-state index is 11.3. The fourth-order valence-electron chi connectivity index (χ4n) is 2.08. The van der Waals surface area contributed by atoms with Gasteiger partial charge in [-0.3, -0.25) is 0 Å². The summed E-state index contributed by atoms with van der Waals surface area (Å²) in [4.78, 5) is 15.5. The predicted octanol–water partition coefficient (Wildman–Crippen LogP) is 1.56. The second-order valence-electron chi connectivity index (χ2n) is 4.44. The van der Waals surface area contributed by atoms with Gasteiger partial charge < -0.3 is 14.5 Å². The van der Waals surface area contributed by atoms with Gasteiger partial charge in [-0.15, -0.1) is 0 Å². The molecule has 0 aromatic rings. The standard InChI is InChI=1S/C11H22N2O2/c1-9(2)13-7-5-10(6-8-13)12(3)11(14)15-4/h9-10H,5-8H2,1-4H3. The quantitative estimate of drug-likeness (QED) is 0.699. The molecule has 4 heteroatoms. The Kier molecular flexibility index (Phi) is 4.39. The van der Waals surface area contributed by atoms with Crippen LogP contribution in [0.2, 0.25) is 0 Å². The maximum Gasteiger partial charge on any atom is 0.409 e. The lowest BCUT2D eigenvalue weighted by atomic mass is 10.0. The van der Waals surface area contributed by atoms with Crippen molar-refractivity contribution in [2.24, 2.45) is 0 Å². The van der Waals surface area contributed by atoms with Crippen molar-refractivity contribution in [1.29, 1.82) is 0 Å². The number of carbonyl (C=O) groups is 1. The molecule has 0 aliphatic carbocycles. The Balaban J connectivity index is 2.40. The van der Waals surface area contributed by atoms with E-state index in [0.29, 0.717) is 12.1 Å². The number of hydrogen-bond donors (Lipinski definition) is 0. The first-order valence-electron chi connectivity index (χ1n) is 5.61. The number of amides is 1. The summed E-state index contributed by atoms with van der Waals surface area (Å²) in [7, 11) is 3.25. The number of ether oxygens (including phenoxy) is 1. The highest BCUT2D eigenvalue weighted by Gasteiger charge is 2.26. The third-order valence-electron chi connectivity index (χ3n) is 3.24. The smallest absolute Gasteiger partial charge is 0.409 e. The molecule has 0 unspecified atom stereocenters. The van der Waals surface area contributed by atoms with E-state index in [9.17, 15) is 4.79 Å². The van der Waals surface area contributed by atoms with Crippen molar-refractivity contribution in [2.75, 3.05) is 27.2 Å². The molecule has 0 radical (unpaired) electrons. The van der Waals surface area contributed by atoms with Crippen LogP contribution in [0.5, 0.6) is 0 Å². The van der Waals surface area contributed by atoms with Gasteiger partial charge in [-0.1, -0.05) is 0 Å². The average Bonchev–Trinajstić information content (AvgIpc) is 2.27. The molecule has 0 aromatic heterocycles. The van der Waals surface area contributed by atoms with Crippen molar-refractivity contribution in [3.63, 3.8) is 0 Å². The van der Waals surface area contributed by atoms with E-state index in [1.54, 1.807) is 4.90 Å². The molecule has 0 bridgehead atoms. The molecule has 1 heterocycles. The summed E-state index contributed by atoms with van der Waals surface area (Å²) >= 11 is 0. The summed E-state index contributed by atoms with van der Waals surface area (Å²) in [5.41, 5.74) is 0. The van der Waals surface area contributed by atoms with E-state index in [-0.39, 0.29) is 6.09 Å². The van der Waals surface area contributed by atoms with Crippen molar-refractivity contribution in [1.82, 2.24) is 9.80 Å². The number of piperidine rings is 1. The minimum Gasteiger partial charge on any atom is -0.453 e. The van der Waals surface area contributed by atoms with Gasteiger partial charge in [0.25, 0.3) is 0 Å². The molecule has 1 aliphatic rings. The Morgan fingerprint density at radius 3 is 2.33 bits per heavy atom. The first kappa shape index (κ1) is 12.3. The van der Waals surface area contributed by atoms with Crippen molar-refractivity contribution >= 4 is 6.09 Å². The van der Waals surface area contributed by atoms with Gasteiger partial charge in [-0.05, 0) is 26.7 Å². The molecule has 1 amide bonds. The van der Waals surface area contributed by atoms with Gasteiger partial charge >= 0.3 is 6.09 Å². The topological polar surface area (TPSA) is 32.8 Å². The summed E-state index contributed by atoms with van der Waals surface area (Å²) < 4.78 is 4.71. The lowest BCUT2D eigenvalue weighted by molar-refractivity contribution is 0.0834. The Bertz CT molecular complexity index is 211. The molecule has 1 fully saturated rings. The van der Waals surface area contributed by atoms with Gasteiger partial charge in [0.1, 0.15) is 0 Å². The van der Waals surface area contributed by atoms with E-state index in [2.05, 4.69) is 18.7 Å². The zero-order chi connectivity index (χ0) is 11.4. The average molecular weight is 214 g/mol. The molecule has 1 saturated heterocycles. The van der Waals surface area contributed by atoms with E-state index in [1.807, 2.05) is 7.05 Å². The molecular formula is C11H22N2O2. The van der Waals surface area contributed by atoms with E-state index in [0.717, 1.165) is 25.9 Å². The van der Waals surface area contributed by atoms with Crippen LogP contribution >= 0.6 is 0 Å². The van der Waals surface area contributed by atoms with Crippen LogP contribution in [-0.4, -0.2) is 55.2 Å². The van der Waals surface area contributed by atoms with Crippen LogP contribution in [0.3, 0.4) is 0 Å². The molecule has 1 rings (SSSR count). The summed E-state index contributed by atoms with van der Waals surface area (Å²) in [6, 6.07) is 0.946. The van der Waals surface area contributed by atoms with E-state index >= 15 is 0 Å². The third-order valence-corrected chi connectivity index (χ3v) is 3.24. The van der Waals surface area contributed by atoms with E-state index < -0.39 is 0 Å². The van der Waals surface area contributed by atoms with Crippen molar-refractivity contribution in [2.45, 2.75) is 38.8 Å². The monoisotopic (exact) mass is 214 g/mol. The fraction of sp³-hybridized carbons (Fsp3) is 0.909. The van der Waals surface area contributed by atoms with Gasteiger partial charge in [-0.25, -0.2) is 4.79 Å². The normalized spacial score (nSPS) is 19.3. The number of nitrogens with zero attached hydrogens (tertiary/aromatic N) is 2. The Hall–Kier alpha value is -0.770. The predicted molar refractivity (Wildman–Crippen MR) is 59.9 cm³/mol. The molecule has 0 N–H and O–H groups in total. The van der Waals surface area contributed by atoms with Gasteiger partial charge in [-0.2, -0.15) is 0 Å². The van der Waals surface area contributed by atoms with Crippen molar-refractivity contribution < 1.29 is 9.53 Å². The largest absolute Gasteiger partial charge is 0.453 e. The summed E-state index contributed by atoms with van der Waals surface area (Å²) in [5, 5.41) is 0. The van der Waals surface area contributed by atoms with Gasteiger partial charge in [0, 0.05) is 32.2 Å². The molecule has 1 aliphatic heterocycles. The molecule has 0 aromatic carbocycles. The Morgan fingerprint density at radius 1 is 1.40 bits per heavy atom. The number of methoxy groups -OCH3 is 1.